The van der Waals surface area contributed by atoms with Gasteiger partial charge < -0.3 is 10.1 Å². The fraction of sp³-hybridized carbons (Fsp3) is 0.833. The Kier molecular flexibility index (Phi) is 3.38. The molecule has 1 aliphatic carbocycles. The standard InChI is InChI=1S/C12H21N3O2/c1-8(2)13-11-14-10(16)12(15-11)6-4-5-9(7-12)17-3/h8-9H,4-7H2,1-3H3,(H2,13,14,15,16). The molecule has 1 saturated heterocycles. The summed E-state index contributed by atoms with van der Waals surface area (Å²) in [5, 5.41) is 6.10. The van der Waals surface area contributed by atoms with Crippen LogP contribution in [0.2, 0.25) is 0 Å². The van der Waals surface area contributed by atoms with Gasteiger partial charge in [-0.05, 0) is 33.1 Å². The van der Waals surface area contributed by atoms with Crippen molar-refractivity contribution in [2.24, 2.45) is 4.99 Å². The number of nitrogens with zero attached hydrogens (tertiary/aromatic N) is 1. The van der Waals surface area contributed by atoms with Crippen LogP contribution in [0.5, 0.6) is 0 Å². The molecular formula is C12H21N3O2. The Morgan fingerprint density at radius 2 is 2.29 bits per heavy atom. The third-order valence-electron chi connectivity index (χ3n) is 3.45. The molecule has 1 aliphatic heterocycles. The first-order valence-corrected chi connectivity index (χ1v) is 6.26. The molecule has 5 heteroatoms. The van der Waals surface area contributed by atoms with Crippen molar-refractivity contribution < 1.29 is 9.53 Å². The lowest BCUT2D eigenvalue weighted by Gasteiger charge is -2.34. The molecule has 0 aromatic heterocycles. The second-order valence-corrected chi connectivity index (χ2v) is 5.19. The fourth-order valence-corrected chi connectivity index (χ4v) is 2.61. The predicted octanol–water partition coefficient (Wildman–Crippen LogP) is 0.798. The fourth-order valence-electron chi connectivity index (χ4n) is 2.61. The Bertz CT molecular complexity index is 341. The monoisotopic (exact) mass is 239 g/mol. The molecule has 2 unspecified atom stereocenters. The first-order valence-electron chi connectivity index (χ1n) is 6.26. The summed E-state index contributed by atoms with van der Waals surface area (Å²) in [4.78, 5) is 16.5. The Morgan fingerprint density at radius 1 is 1.53 bits per heavy atom. The number of aliphatic imine (C=N–C) groups is 1. The first-order chi connectivity index (χ1) is 8.05. The highest BCUT2D eigenvalue weighted by Crippen LogP contribution is 2.32. The van der Waals surface area contributed by atoms with Gasteiger partial charge in [0.2, 0.25) is 0 Å². The summed E-state index contributed by atoms with van der Waals surface area (Å²) in [7, 11) is 1.71. The number of nitrogens with one attached hydrogen (secondary N) is 2. The van der Waals surface area contributed by atoms with E-state index in [2.05, 4.69) is 15.6 Å². The van der Waals surface area contributed by atoms with Crippen molar-refractivity contribution in [2.75, 3.05) is 7.11 Å². The molecule has 0 bridgehead atoms. The minimum Gasteiger partial charge on any atom is -0.381 e. The normalized spacial score (nSPS) is 35.4. The van der Waals surface area contributed by atoms with Gasteiger partial charge in [0.25, 0.3) is 5.91 Å². The largest absolute Gasteiger partial charge is 0.381 e. The van der Waals surface area contributed by atoms with Crippen molar-refractivity contribution >= 4 is 11.9 Å². The van der Waals surface area contributed by atoms with E-state index in [0.29, 0.717) is 5.96 Å². The molecule has 2 rings (SSSR count). The lowest BCUT2D eigenvalue weighted by molar-refractivity contribution is -0.126. The summed E-state index contributed by atoms with van der Waals surface area (Å²) in [6, 6.07) is 0.176. The number of hydrogen-bond donors (Lipinski definition) is 2. The summed E-state index contributed by atoms with van der Waals surface area (Å²) in [6.45, 7) is 3.98. The van der Waals surface area contributed by atoms with Crippen LogP contribution in [0.25, 0.3) is 0 Å². The van der Waals surface area contributed by atoms with Crippen molar-refractivity contribution in [3.8, 4) is 0 Å². The van der Waals surface area contributed by atoms with Crippen molar-refractivity contribution in [2.45, 2.75) is 57.2 Å². The number of ether oxygens (including phenoxy) is 1. The molecule has 5 nitrogen and oxygen atoms in total. The van der Waals surface area contributed by atoms with Gasteiger partial charge in [0.1, 0.15) is 5.54 Å². The van der Waals surface area contributed by atoms with Gasteiger partial charge in [0.15, 0.2) is 5.96 Å². The SMILES string of the molecule is COC1CCCC2(C1)NC(=NC(C)C)NC2=O. The molecule has 1 amide bonds. The van der Waals surface area contributed by atoms with E-state index in [9.17, 15) is 4.79 Å². The van der Waals surface area contributed by atoms with Crippen LogP contribution in [0.3, 0.4) is 0 Å². The molecule has 2 fully saturated rings. The van der Waals surface area contributed by atoms with E-state index >= 15 is 0 Å². The maximum Gasteiger partial charge on any atom is 0.252 e. The molecular weight excluding hydrogens is 218 g/mol. The van der Waals surface area contributed by atoms with Gasteiger partial charge in [-0.15, -0.1) is 0 Å². The maximum atomic E-state index is 12.1. The number of methoxy groups -OCH3 is 1. The van der Waals surface area contributed by atoms with E-state index in [1.165, 1.54) is 0 Å². The summed E-state index contributed by atoms with van der Waals surface area (Å²) < 4.78 is 5.38. The molecule has 96 valence electrons. The average Bonchev–Trinajstić information content (AvgIpc) is 2.54. The van der Waals surface area contributed by atoms with E-state index in [1.54, 1.807) is 7.11 Å². The number of carbonyl (C=O) groups excluding carboxylic acids is 1. The Hall–Kier alpha value is -1.10. The van der Waals surface area contributed by atoms with Crippen LogP contribution < -0.4 is 10.6 Å². The molecule has 1 saturated carbocycles. The van der Waals surface area contributed by atoms with Gasteiger partial charge in [-0.25, -0.2) is 0 Å². The molecule has 0 radical (unpaired) electrons. The number of amides is 1. The third kappa shape index (κ3) is 2.44. The minimum atomic E-state index is -0.493. The molecule has 0 aromatic carbocycles. The topological polar surface area (TPSA) is 62.7 Å². The van der Waals surface area contributed by atoms with Crippen molar-refractivity contribution in [1.29, 1.82) is 0 Å². The van der Waals surface area contributed by atoms with Gasteiger partial charge in [-0.1, -0.05) is 0 Å². The van der Waals surface area contributed by atoms with Crippen molar-refractivity contribution in [3.63, 3.8) is 0 Å². The average molecular weight is 239 g/mol. The molecule has 2 N–H and O–H groups in total. The summed E-state index contributed by atoms with van der Waals surface area (Å²) in [5.74, 6) is 0.653. The van der Waals surface area contributed by atoms with E-state index in [-0.39, 0.29) is 18.1 Å². The van der Waals surface area contributed by atoms with Crippen LogP contribution in [-0.2, 0) is 9.53 Å². The smallest absolute Gasteiger partial charge is 0.252 e. The second kappa shape index (κ2) is 4.64. The molecule has 2 atom stereocenters. The van der Waals surface area contributed by atoms with Gasteiger partial charge >= 0.3 is 0 Å². The van der Waals surface area contributed by atoms with E-state index in [0.717, 1.165) is 25.7 Å². The second-order valence-electron chi connectivity index (χ2n) is 5.19. The van der Waals surface area contributed by atoms with Gasteiger partial charge in [0, 0.05) is 19.6 Å². The highest BCUT2D eigenvalue weighted by molar-refractivity contribution is 6.09. The Labute approximate surface area is 102 Å². The summed E-state index contributed by atoms with van der Waals surface area (Å²) in [6.07, 6.45) is 3.79. The molecule has 2 aliphatic rings. The van der Waals surface area contributed by atoms with Crippen LogP contribution in [0.4, 0.5) is 0 Å². The summed E-state index contributed by atoms with van der Waals surface area (Å²) in [5.41, 5.74) is -0.493. The highest BCUT2D eigenvalue weighted by Gasteiger charge is 2.48. The van der Waals surface area contributed by atoms with E-state index < -0.39 is 5.54 Å². The lowest BCUT2D eigenvalue weighted by Crippen LogP contribution is -2.51. The van der Waals surface area contributed by atoms with Crippen molar-refractivity contribution in [3.05, 3.63) is 0 Å². The Morgan fingerprint density at radius 3 is 2.94 bits per heavy atom. The number of carbonyl (C=O) groups is 1. The zero-order chi connectivity index (χ0) is 12.5. The predicted molar refractivity (Wildman–Crippen MR) is 65.8 cm³/mol. The third-order valence-corrected chi connectivity index (χ3v) is 3.45. The zero-order valence-electron chi connectivity index (χ0n) is 10.7. The van der Waals surface area contributed by atoms with Gasteiger partial charge in [0.05, 0.1) is 6.10 Å². The molecule has 1 heterocycles. The minimum absolute atomic E-state index is 0.0404. The van der Waals surface area contributed by atoms with Crippen LogP contribution in [-0.4, -0.2) is 36.7 Å². The number of rotatable bonds is 2. The maximum absolute atomic E-state index is 12.1. The first kappa shape index (κ1) is 12.4. The highest BCUT2D eigenvalue weighted by atomic mass is 16.5. The molecule has 1 spiro atoms. The van der Waals surface area contributed by atoms with Crippen molar-refractivity contribution in [1.82, 2.24) is 10.6 Å². The number of guanidine groups is 1. The zero-order valence-corrected chi connectivity index (χ0v) is 10.7. The van der Waals surface area contributed by atoms with Crippen LogP contribution in [0, 0.1) is 0 Å². The van der Waals surface area contributed by atoms with E-state index in [4.69, 9.17) is 4.74 Å². The summed E-state index contributed by atoms with van der Waals surface area (Å²) >= 11 is 0. The molecule has 17 heavy (non-hydrogen) atoms. The molecule has 0 aromatic rings. The lowest BCUT2D eigenvalue weighted by atomic mass is 9.80. The Balaban J connectivity index is 2.13. The van der Waals surface area contributed by atoms with Crippen LogP contribution in [0.15, 0.2) is 4.99 Å². The quantitative estimate of drug-likeness (QED) is 0.749. The van der Waals surface area contributed by atoms with Gasteiger partial charge in [-0.2, -0.15) is 0 Å². The van der Waals surface area contributed by atoms with Crippen LogP contribution in [0.1, 0.15) is 39.5 Å². The number of hydrogen-bond acceptors (Lipinski definition) is 3. The van der Waals surface area contributed by atoms with Gasteiger partial charge in [-0.3, -0.25) is 15.1 Å². The van der Waals surface area contributed by atoms with Crippen LogP contribution >= 0.6 is 0 Å². The van der Waals surface area contributed by atoms with E-state index in [1.807, 2.05) is 13.8 Å².